The molecule has 4 aromatic heterocycles. The van der Waals surface area contributed by atoms with Gasteiger partial charge < -0.3 is 10.5 Å². The van der Waals surface area contributed by atoms with Crippen LogP contribution in [0.15, 0.2) is 35.7 Å². The lowest BCUT2D eigenvalue weighted by Gasteiger charge is -2.12. The zero-order valence-corrected chi connectivity index (χ0v) is 18.3. The van der Waals surface area contributed by atoms with Gasteiger partial charge in [0, 0.05) is 35.5 Å². The van der Waals surface area contributed by atoms with Crippen LogP contribution >= 0.6 is 11.8 Å². The number of ether oxygens (including phenoxy) is 1. The monoisotopic (exact) mass is 431 g/mol. The van der Waals surface area contributed by atoms with Crippen LogP contribution in [0.3, 0.4) is 0 Å². The maximum Gasteiger partial charge on any atom is 0.223 e. The van der Waals surface area contributed by atoms with Crippen molar-refractivity contribution in [2.75, 3.05) is 18.6 Å². The van der Waals surface area contributed by atoms with Gasteiger partial charge in [0.2, 0.25) is 5.95 Å². The van der Waals surface area contributed by atoms with E-state index in [-0.39, 0.29) is 5.95 Å². The highest BCUT2D eigenvalue weighted by molar-refractivity contribution is 7.99. The Morgan fingerprint density at radius 2 is 2.10 bits per heavy atom. The minimum atomic E-state index is 0.235. The summed E-state index contributed by atoms with van der Waals surface area (Å²) in [6.45, 7) is 4.45. The number of nitrogens with zero attached hydrogens (tertiary/aromatic N) is 6. The number of rotatable bonds is 4. The molecule has 0 saturated carbocycles. The molecule has 9 heteroatoms. The molecular formula is C22H21N7OS. The zero-order valence-electron chi connectivity index (χ0n) is 17.5. The van der Waals surface area contributed by atoms with Crippen LogP contribution in [0, 0.1) is 13.8 Å². The standard InChI is InChI=1S/C22H21N7OS/c1-12-8-25-17(13(2)19(12)30-3)10-29-20-18-16(28-29)7-15(14-5-4-6-24-9-14)11-31-21(18)27-22(23)26-20/h4-9H,10-11H2,1-3H3,(H2,23,26,27). The van der Waals surface area contributed by atoms with Crippen molar-refractivity contribution in [3.63, 3.8) is 0 Å². The summed E-state index contributed by atoms with van der Waals surface area (Å²) >= 11 is 1.63. The number of methoxy groups -OCH3 is 1. The fraction of sp³-hybridized carbons (Fsp3) is 0.227. The van der Waals surface area contributed by atoms with Crippen LogP contribution in [0.2, 0.25) is 0 Å². The average molecular weight is 432 g/mol. The minimum absolute atomic E-state index is 0.235. The number of thioether (sulfide) groups is 1. The molecule has 5 heterocycles. The third-order valence-corrected chi connectivity index (χ3v) is 6.38. The van der Waals surface area contributed by atoms with Gasteiger partial charge in [0.25, 0.3) is 0 Å². The number of nitrogens with two attached hydrogens (primary N) is 1. The summed E-state index contributed by atoms with van der Waals surface area (Å²) in [4.78, 5) is 17.9. The van der Waals surface area contributed by atoms with Crippen molar-refractivity contribution in [1.29, 1.82) is 0 Å². The molecule has 8 nitrogen and oxygen atoms in total. The Labute approximate surface area is 183 Å². The van der Waals surface area contributed by atoms with Crippen molar-refractivity contribution in [1.82, 2.24) is 29.7 Å². The van der Waals surface area contributed by atoms with Crippen LogP contribution in [-0.4, -0.2) is 42.6 Å². The van der Waals surface area contributed by atoms with E-state index in [0.29, 0.717) is 12.2 Å². The normalized spacial score (nSPS) is 13.2. The third kappa shape index (κ3) is 3.40. The smallest absolute Gasteiger partial charge is 0.223 e. The lowest BCUT2D eigenvalue weighted by Crippen LogP contribution is -2.09. The van der Waals surface area contributed by atoms with Crippen molar-refractivity contribution >= 4 is 40.4 Å². The van der Waals surface area contributed by atoms with Gasteiger partial charge in [0.1, 0.15) is 10.8 Å². The van der Waals surface area contributed by atoms with E-state index in [4.69, 9.17) is 15.6 Å². The molecule has 2 N–H and O–H groups in total. The number of hydrogen-bond donors (Lipinski definition) is 1. The Hall–Kier alpha value is -3.46. The molecule has 156 valence electrons. The quantitative estimate of drug-likeness (QED) is 0.490. The lowest BCUT2D eigenvalue weighted by molar-refractivity contribution is 0.406. The van der Waals surface area contributed by atoms with E-state index in [2.05, 4.69) is 32.1 Å². The molecule has 1 aliphatic heterocycles. The first-order valence-corrected chi connectivity index (χ1v) is 10.8. The van der Waals surface area contributed by atoms with E-state index < -0.39 is 0 Å². The molecule has 4 aromatic rings. The Kier molecular flexibility index (Phi) is 4.82. The van der Waals surface area contributed by atoms with Crippen LogP contribution in [-0.2, 0) is 6.54 Å². The number of pyridine rings is 2. The van der Waals surface area contributed by atoms with Crippen molar-refractivity contribution in [2.24, 2.45) is 0 Å². The second-order valence-corrected chi connectivity index (χ2v) is 8.34. The molecule has 0 bridgehead atoms. The molecule has 0 saturated heterocycles. The summed E-state index contributed by atoms with van der Waals surface area (Å²) in [5.74, 6) is 1.83. The van der Waals surface area contributed by atoms with Crippen molar-refractivity contribution in [3.05, 3.63) is 58.8 Å². The third-order valence-electron chi connectivity index (χ3n) is 5.36. The van der Waals surface area contributed by atoms with Gasteiger partial charge in [-0.3, -0.25) is 9.97 Å². The molecule has 31 heavy (non-hydrogen) atoms. The second kappa shape index (κ2) is 7.66. The number of anilines is 1. The number of nitrogen functional groups attached to an aromatic ring is 1. The maximum absolute atomic E-state index is 6.05. The van der Waals surface area contributed by atoms with Crippen LogP contribution < -0.4 is 10.5 Å². The Balaban J connectivity index is 1.65. The van der Waals surface area contributed by atoms with Crippen LogP contribution in [0.25, 0.3) is 22.7 Å². The first kappa shape index (κ1) is 19.5. The molecule has 0 fully saturated rings. The summed E-state index contributed by atoms with van der Waals surface area (Å²) in [5, 5.41) is 6.63. The highest BCUT2D eigenvalue weighted by atomic mass is 32.2. The van der Waals surface area contributed by atoms with Gasteiger partial charge in [0.15, 0.2) is 5.65 Å². The highest BCUT2D eigenvalue weighted by Crippen LogP contribution is 2.37. The molecule has 0 unspecified atom stereocenters. The summed E-state index contributed by atoms with van der Waals surface area (Å²) < 4.78 is 7.41. The average Bonchev–Trinajstić information content (AvgIpc) is 2.99. The molecule has 0 atom stereocenters. The van der Waals surface area contributed by atoms with Crippen molar-refractivity contribution < 1.29 is 4.74 Å². The van der Waals surface area contributed by atoms with E-state index in [1.807, 2.05) is 37.0 Å². The van der Waals surface area contributed by atoms with Crippen molar-refractivity contribution in [2.45, 2.75) is 25.4 Å². The van der Waals surface area contributed by atoms with E-state index in [0.717, 1.165) is 55.6 Å². The molecule has 0 aliphatic carbocycles. The predicted molar refractivity (Wildman–Crippen MR) is 122 cm³/mol. The van der Waals surface area contributed by atoms with Gasteiger partial charge in [-0.05, 0) is 37.1 Å². The highest BCUT2D eigenvalue weighted by Gasteiger charge is 2.22. The van der Waals surface area contributed by atoms with Crippen molar-refractivity contribution in [3.8, 4) is 5.75 Å². The van der Waals surface area contributed by atoms with Gasteiger partial charge in [-0.15, -0.1) is 11.8 Å². The fourth-order valence-corrected chi connectivity index (χ4v) is 4.88. The topological polar surface area (TPSA) is 105 Å². The molecular weight excluding hydrogens is 410 g/mol. The molecule has 0 amide bonds. The van der Waals surface area contributed by atoms with Crippen LogP contribution in [0.4, 0.5) is 5.95 Å². The summed E-state index contributed by atoms with van der Waals surface area (Å²) in [7, 11) is 1.68. The van der Waals surface area contributed by atoms with E-state index in [1.54, 1.807) is 25.1 Å². The summed E-state index contributed by atoms with van der Waals surface area (Å²) in [6.07, 6.45) is 7.55. The second-order valence-electron chi connectivity index (χ2n) is 7.37. The minimum Gasteiger partial charge on any atom is -0.496 e. The first-order chi connectivity index (χ1) is 15.0. The zero-order chi connectivity index (χ0) is 21.5. The van der Waals surface area contributed by atoms with Gasteiger partial charge in [-0.1, -0.05) is 6.07 Å². The van der Waals surface area contributed by atoms with E-state index >= 15 is 0 Å². The number of aromatic nitrogens is 6. The fourth-order valence-electron chi connectivity index (χ4n) is 3.84. The predicted octanol–water partition coefficient (Wildman–Crippen LogP) is 3.52. The number of hydrogen-bond acceptors (Lipinski definition) is 8. The largest absolute Gasteiger partial charge is 0.496 e. The lowest BCUT2D eigenvalue weighted by atomic mass is 10.1. The Bertz CT molecular complexity index is 1330. The molecule has 5 rings (SSSR count). The SMILES string of the molecule is COc1c(C)cnc(Cn2nc3c4c(nc(N)nc42)SCC(c2cccnc2)=C3)c1C. The van der Waals surface area contributed by atoms with Gasteiger partial charge in [-0.25, -0.2) is 9.67 Å². The van der Waals surface area contributed by atoms with Crippen LogP contribution in [0.5, 0.6) is 5.75 Å². The summed E-state index contributed by atoms with van der Waals surface area (Å²) in [5.41, 5.74) is 12.6. The first-order valence-electron chi connectivity index (χ1n) is 9.82. The molecule has 0 radical (unpaired) electrons. The van der Waals surface area contributed by atoms with Crippen LogP contribution in [0.1, 0.15) is 28.1 Å². The molecule has 0 spiro atoms. The van der Waals surface area contributed by atoms with Gasteiger partial charge in [-0.2, -0.15) is 10.1 Å². The summed E-state index contributed by atoms with van der Waals surface area (Å²) in [6, 6.07) is 3.99. The van der Waals surface area contributed by atoms with E-state index in [1.165, 1.54) is 0 Å². The van der Waals surface area contributed by atoms with Gasteiger partial charge >= 0.3 is 0 Å². The van der Waals surface area contributed by atoms with E-state index in [9.17, 15) is 0 Å². The van der Waals surface area contributed by atoms with Gasteiger partial charge in [0.05, 0.1) is 30.4 Å². The number of aryl methyl sites for hydroxylation is 1. The molecule has 0 aromatic carbocycles. The Morgan fingerprint density at radius 3 is 2.87 bits per heavy atom. The maximum atomic E-state index is 6.05. The Morgan fingerprint density at radius 1 is 1.23 bits per heavy atom. The molecule has 1 aliphatic rings.